The summed E-state index contributed by atoms with van der Waals surface area (Å²) in [5, 5.41) is 6.26. The van der Waals surface area contributed by atoms with Gasteiger partial charge in [-0.1, -0.05) is 0 Å². The fourth-order valence-corrected chi connectivity index (χ4v) is 2.98. The summed E-state index contributed by atoms with van der Waals surface area (Å²) in [7, 11) is 1.82. The first-order valence-corrected chi connectivity index (χ1v) is 11.7. The van der Waals surface area contributed by atoms with Gasteiger partial charge >= 0.3 is 0 Å². The molecule has 0 bridgehead atoms. The highest BCUT2D eigenvalue weighted by atomic mass is 19.1. The fraction of sp³-hybridized carbons (Fsp3) is 0.385. The number of nitrogens with two attached hydrogens (primary N) is 1. The summed E-state index contributed by atoms with van der Waals surface area (Å²) < 4.78 is 13.7. The van der Waals surface area contributed by atoms with Gasteiger partial charge in [0.25, 0.3) is 0 Å². The van der Waals surface area contributed by atoms with Crippen LogP contribution in [0.1, 0.15) is 38.8 Å². The van der Waals surface area contributed by atoms with Crippen LogP contribution in [0.2, 0.25) is 0 Å². The molecule has 0 aliphatic heterocycles. The molecule has 1 saturated carbocycles. The molecule has 3 heterocycles. The Morgan fingerprint density at radius 1 is 1.14 bits per heavy atom. The van der Waals surface area contributed by atoms with Crippen molar-refractivity contribution in [1.82, 2.24) is 19.9 Å². The first-order chi connectivity index (χ1) is 17.2. The standard InChI is InChI=1S/C21H25FN6.C4H6O.CH3NO/c1-14-17(12-16(13-27-14)24-10-7-21(2,3)22)18-6-9-26-20(28-18)15-5-8-25-19(11-15)23-4;5-3-4-1-2-4;2-1-3/h5-6,8-9,11-13,24H,7,10H2,1-4H3,(H,23,25);3-4H,1-2H2;1H,(H2,2,3). The number of carbonyl (C=O) groups excluding carboxylic acids is 2. The van der Waals surface area contributed by atoms with E-state index in [1.807, 2.05) is 38.2 Å². The topological polar surface area (TPSA) is 136 Å². The first-order valence-electron chi connectivity index (χ1n) is 11.7. The van der Waals surface area contributed by atoms with Crippen LogP contribution in [0, 0.1) is 12.8 Å². The summed E-state index contributed by atoms with van der Waals surface area (Å²) >= 11 is 0. The van der Waals surface area contributed by atoms with Crippen LogP contribution in [0.5, 0.6) is 0 Å². The van der Waals surface area contributed by atoms with Gasteiger partial charge in [-0.2, -0.15) is 0 Å². The molecule has 3 aromatic rings. The Morgan fingerprint density at radius 3 is 2.42 bits per heavy atom. The average molecular weight is 496 g/mol. The van der Waals surface area contributed by atoms with Gasteiger partial charge in [0.2, 0.25) is 6.41 Å². The maximum absolute atomic E-state index is 13.7. The number of alkyl halides is 1. The van der Waals surface area contributed by atoms with E-state index in [-0.39, 0.29) is 6.41 Å². The van der Waals surface area contributed by atoms with Crippen molar-refractivity contribution in [1.29, 1.82) is 0 Å². The van der Waals surface area contributed by atoms with Crippen LogP contribution in [0.3, 0.4) is 0 Å². The molecule has 0 unspecified atom stereocenters. The summed E-state index contributed by atoms with van der Waals surface area (Å²) in [5.74, 6) is 1.83. The zero-order valence-corrected chi connectivity index (χ0v) is 21.2. The first kappa shape index (κ1) is 28.3. The summed E-state index contributed by atoms with van der Waals surface area (Å²) in [6.45, 7) is 5.63. The van der Waals surface area contributed by atoms with Crippen LogP contribution in [-0.4, -0.2) is 51.9 Å². The molecule has 3 aromatic heterocycles. The number of rotatable bonds is 8. The van der Waals surface area contributed by atoms with Crippen LogP contribution >= 0.6 is 0 Å². The number of pyridine rings is 2. The third-order valence-electron chi connectivity index (χ3n) is 5.16. The SMILES string of the molecule is CNc1cc(-c2nccc(-c3cc(NCCC(C)(C)F)cnc3C)n2)ccn1.NC=O.O=CC1CC1. The third kappa shape index (κ3) is 9.73. The quantitative estimate of drug-likeness (QED) is 0.396. The number of aryl methyl sites for hydroxylation is 1. The highest BCUT2D eigenvalue weighted by Crippen LogP contribution is 2.26. The Morgan fingerprint density at radius 2 is 1.83 bits per heavy atom. The van der Waals surface area contributed by atoms with Crippen molar-refractivity contribution in [3.8, 4) is 22.6 Å². The number of anilines is 2. The van der Waals surface area contributed by atoms with E-state index in [2.05, 4.69) is 31.3 Å². The minimum atomic E-state index is -1.20. The van der Waals surface area contributed by atoms with E-state index in [0.717, 1.165) is 53.1 Å². The summed E-state index contributed by atoms with van der Waals surface area (Å²) in [6, 6.07) is 7.63. The van der Waals surface area contributed by atoms with Crippen LogP contribution < -0.4 is 16.4 Å². The van der Waals surface area contributed by atoms with Gasteiger partial charge in [0.1, 0.15) is 17.8 Å². The second-order valence-corrected chi connectivity index (χ2v) is 8.81. The van der Waals surface area contributed by atoms with Gasteiger partial charge in [-0.3, -0.25) is 9.78 Å². The lowest BCUT2D eigenvalue weighted by Gasteiger charge is -2.15. The van der Waals surface area contributed by atoms with Crippen molar-refractivity contribution in [3.05, 3.63) is 48.5 Å². The van der Waals surface area contributed by atoms with Crippen LogP contribution in [0.4, 0.5) is 15.9 Å². The molecule has 192 valence electrons. The van der Waals surface area contributed by atoms with Crippen LogP contribution in [0.25, 0.3) is 22.6 Å². The molecule has 1 aliphatic carbocycles. The van der Waals surface area contributed by atoms with Crippen LogP contribution in [0.15, 0.2) is 42.9 Å². The van der Waals surface area contributed by atoms with E-state index in [4.69, 9.17) is 9.78 Å². The molecule has 9 nitrogen and oxygen atoms in total. The Hall–Kier alpha value is -3.95. The lowest BCUT2D eigenvalue weighted by Crippen LogP contribution is -2.17. The number of hydrogen-bond donors (Lipinski definition) is 3. The molecule has 1 amide bonds. The maximum atomic E-state index is 13.7. The van der Waals surface area contributed by atoms with E-state index >= 15 is 0 Å². The van der Waals surface area contributed by atoms with E-state index in [1.165, 1.54) is 0 Å². The molecular formula is C26H34FN7O2. The molecule has 1 fully saturated rings. The highest BCUT2D eigenvalue weighted by molar-refractivity contribution is 5.69. The molecule has 0 radical (unpaired) electrons. The molecule has 10 heteroatoms. The smallest absolute Gasteiger partial charge is 0.204 e. The van der Waals surface area contributed by atoms with Crippen LogP contribution in [-0.2, 0) is 9.59 Å². The zero-order valence-electron chi connectivity index (χ0n) is 21.2. The second kappa shape index (κ2) is 13.8. The average Bonchev–Trinajstić information content (AvgIpc) is 3.70. The number of nitrogens with zero attached hydrogens (tertiary/aromatic N) is 4. The van der Waals surface area contributed by atoms with Gasteiger partial charge in [0, 0.05) is 48.7 Å². The van der Waals surface area contributed by atoms with Crippen molar-refractivity contribution >= 4 is 24.2 Å². The molecule has 4 rings (SSSR count). The lowest BCUT2D eigenvalue weighted by molar-refractivity contribution is -0.109. The molecule has 0 spiro atoms. The van der Waals surface area contributed by atoms with Gasteiger partial charge in [-0.15, -0.1) is 0 Å². The summed E-state index contributed by atoms with van der Waals surface area (Å²) in [6.07, 6.45) is 9.20. The normalized spacial score (nSPS) is 12.2. The van der Waals surface area contributed by atoms with Crippen molar-refractivity contribution < 1.29 is 14.0 Å². The maximum Gasteiger partial charge on any atom is 0.204 e. The second-order valence-electron chi connectivity index (χ2n) is 8.81. The predicted octanol–water partition coefficient (Wildman–Crippen LogP) is 4.20. The lowest BCUT2D eigenvalue weighted by atomic mass is 10.1. The minimum Gasteiger partial charge on any atom is -0.384 e. The number of aromatic nitrogens is 4. The van der Waals surface area contributed by atoms with Gasteiger partial charge in [0.05, 0.1) is 17.6 Å². The van der Waals surface area contributed by atoms with Gasteiger partial charge in [-0.25, -0.2) is 19.3 Å². The molecule has 1 aliphatic rings. The van der Waals surface area contributed by atoms with Gasteiger partial charge < -0.3 is 21.2 Å². The molecule has 0 aromatic carbocycles. The monoisotopic (exact) mass is 495 g/mol. The van der Waals surface area contributed by atoms with E-state index in [9.17, 15) is 9.18 Å². The Bertz CT molecular complexity index is 1130. The third-order valence-corrected chi connectivity index (χ3v) is 5.16. The highest BCUT2D eigenvalue weighted by Gasteiger charge is 2.19. The van der Waals surface area contributed by atoms with Crippen molar-refractivity contribution in [2.24, 2.45) is 11.7 Å². The predicted molar refractivity (Wildman–Crippen MR) is 140 cm³/mol. The van der Waals surface area contributed by atoms with Crippen molar-refractivity contribution in [2.45, 2.75) is 45.7 Å². The van der Waals surface area contributed by atoms with E-state index in [1.54, 1.807) is 32.4 Å². The van der Waals surface area contributed by atoms with Gasteiger partial charge in [-0.05, 0) is 64.3 Å². The largest absolute Gasteiger partial charge is 0.384 e. The number of amides is 1. The van der Waals surface area contributed by atoms with E-state index in [0.29, 0.717) is 24.7 Å². The number of aldehydes is 1. The molecule has 36 heavy (non-hydrogen) atoms. The fourth-order valence-electron chi connectivity index (χ4n) is 2.98. The molecular weight excluding hydrogens is 461 g/mol. The number of primary amides is 1. The molecule has 0 saturated heterocycles. The minimum absolute atomic E-state index is 0.250. The molecule has 0 atom stereocenters. The Labute approximate surface area is 211 Å². The number of nitrogens with one attached hydrogen (secondary N) is 2. The van der Waals surface area contributed by atoms with Crippen molar-refractivity contribution in [3.63, 3.8) is 0 Å². The Kier molecular flexibility index (Phi) is 10.9. The van der Waals surface area contributed by atoms with E-state index < -0.39 is 5.67 Å². The number of halogens is 1. The number of carbonyl (C=O) groups is 2. The zero-order chi connectivity index (χ0) is 26.6. The molecule has 4 N–H and O–H groups in total. The number of hydrogen-bond acceptors (Lipinski definition) is 8. The summed E-state index contributed by atoms with van der Waals surface area (Å²) in [4.78, 5) is 35.9. The van der Waals surface area contributed by atoms with Crippen molar-refractivity contribution in [2.75, 3.05) is 24.2 Å². The Balaban J connectivity index is 0.000000490. The van der Waals surface area contributed by atoms with Gasteiger partial charge in [0.15, 0.2) is 5.82 Å². The summed E-state index contributed by atoms with van der Waals surface area (Å²) in [5.41, 5.74) is 7.25.